The quantitative estimate of drug-likeness (QED) is 0.775. The molecule has 1 saturated carbocycles. The fraction of sp³-hybridized carbons (Fsp3) is 0.846. The molecule has 0 radical (unpaired) electrons. The highest BCUT2D eigenvalue weighted by molar-refractivity contribution is 5.77. The minimum Gasteiger partial charge on any atom is -0.481 e. The van der Waals surface area contributed by atoms with Crippen molar-refractivity contribution in [3.05, 3.63) is 0 Å². The number of carbonyl (C=O) groups excluding carboxylic acids is 1. The Bertz CT molecular complexity index is 295. The summed E-state index contributed by atoms with van der Waals surface area (Å²) in [4.78, 5) is 24.4. The Morgan fingerprint density at radius 2 is 1.88 bits per heavy atom. The molecule has 0 unspecified atom stereocenters. The van der Waals surface area contributed by atoms with Gasteiger partial charge in [-0.3, -0.25) is 9.59 Å². The van der Waals surface area contributed by atoms with Crippen molar-refractivity contribution >= 4 is 11.9 Å². The van der Waals surface area contributed by atoms with Gasteiger partial charge in [0.15, 0.2) is 0 Å². The number of rotatable bonds is 6. The lowest BCUT2D eigenvalue weighted by atomic mass is 9.83. The van der Waals surface area contributed by atoms with Crippen molar-refractivity contribution in [1.29, 1.82) is 0 Å². The molecule has 0 spiro atoms. The molecule has 0 bridgehead atoms. The Hall–Kier alpha value is -1.06. The van der Waals surface area contributed by atoms with Crippen LogP contribution in [0.2, 0.25) is 0 Å². The summed E-state index contributed by atoms with van der Waals surface area (Å²) in [6.07, 6.45) is 4.06. The molecule has 1 aliphatic rings. The molecular formula is C13H23NO3. The summed E-state index contributed by atoms with van der Waals surface area (Å²) in [7, 11) is 1.82. The van der Waals surface area contributed by atoms with Crippen molar-refractivity contribution in [2.24, 2.45) is 11.3 Å². The van der Waals surface area contributed by atoms with Gasteiger partial charge in [-0.25, -0.2) is 0 Å². The van der Waals surface area contributed by atoms with Crippen LogP contribution in [0.3, 0.4) is 0 Å². The van der Waals surface area contributed by atoms with Gasteiger partial charge in [-0.2, -0.15) is 0 Å². The van der Waals surface area contributed by atoms with E-state index in [0.29, 0.717) is 12.3 Å². The van der Waals surface area contributed by atoms with Crippen LogP contribution in [0.15, 0.2) is 0 Å². The lowest BCUT2D eigenvalue weighted by Gasteiger charge is -2.32. The van der Waals surface area contributed by atoms with E-state index >= 15 is 0 Å². The highest BCUT2D eigenvalue weighted by Crippen LogP contribution is 2.29. The van der Waals surface area contributed by atoms with E-state index in [9.17, 15) is 9.59 Å². The Morgan fingerprint density at radius 3 is 2.29 bits per heavy atom. The predicted molar refractivity (Wildman–Crippen MR) is 65.6 cm³/mol. The van der Waals surface area contributed by atoms with E-state index in [4.69, 9.17) is 5.11 Å². The van der Waals surface area contributed by atoms with E-state index in [1.807, 2.05) is 20.9 Å². The van der Waals surface area contributed by atoms with Crippen LogP contribution in [0, 0.1) is 11.3 Å². The largest absolute Gasteiger partial charge is 0.481 e. The van der Waals surface area contributed by atoms with Crippen LogP contribution in [0.5, 0.6) is 0 Å². The number of carboxylic acid groups (broad SMARTS) is 1. The number of hydrogen-bond acceptors (Lipinski definition) is 2. The SMILES string of the molecule is CN(CC1CCC1)C(=O)CC(C)(C)CC(=O)O. The van der Waals surface area contributed by atoms with Crippen LogP contribution < -0.4 is 0 Å². The molecule has 1 amide bonds. The number of aliphatic carboxylic acids is 1. The monoisotopic (exact) mass is 241 g/mol. The predicted octanol–water partition coefficient (Wildman–Crippen LogP) is 2.14. The van der Waals surface area contributed by atoms with Crippen LogP contribution in [0.25, 0.3) is 0 Å². The lowest BCUT2D eigenvalue weighted by Crippen LogP contribution is -2.36. The number of carboxylic acids is 1. The van der Waals surface area contributed by atoms with Crippen molar-refractivity contribution in [2.75, 3.05) is 13.6 Å². The molecular weight excluding hydrogens is 218 g/mol. The number of carbonyl (C=O) groups is 2. The van der Waals surface area contributed by atoms with Gasteiger partial charge in [-0.15, -0.1) is 0 Å². The van der Waals surface area contributed by atoms with E-state index in [0.717, 1.165) is 6.54 Å². The standard InChI is InChI=1S/C13H23NO3/c1-13(2,8-12(16)17)7-11(15)14(3)9-10-5-4-6-10/h10H,4-9H2,1-3H3,(H,16,17). The molecule has 1 rings (SSSR count). The summed E-state index contributed by atoms with van der Waals surface area (Å²) in [5.74, 6) is -0.126. The zero-order valence-electron chi connectivity index (χ0n) is 11.0. The molecule has 0 heterocycles. The van der Waals surface area contributed by atoms with Crippen molar-refractivity contribution in [2.45, 2.75) is 46.0 Å². The Labute approximate surface area is 103 Å². The zero-order chi connectivity index (χ0) is 13.1. The van der Waals surface area contributed by atoms with Crippen molar-refractivity contribution in [1.82, 2.24) is 4.90 Å². The van der Waals surface area contributed by atoms with Crippen LogP contribution in [-0.2, 0) is 9.59 Å². The van der Waals surface area contributed by atoms with Crippen molar-refractivity contribution in [3.8, 4) is 0 Å². The van der Waals surface area contributed by atoms with E-state index in [2.05, 4.69) is 0 Å². The minimum absolute atomic E-state index is 0.0377. The first-order chi connectivity index (χ1) is 7.80. The summed E-state index contributed by atoms with van der Waals surface area (Å²) in [6.45, 7) is 4.48. The van der Waals surface area contributed by atoms with Gasteiger partial charge < -0.3 is 10.0 Å². The molecule has 0 saturated heterocycles. The summed E-state index contributed by atoms with van der Waals surface area (Å²) < 4.78 is 0. The summed E-state index contributed by atoms with van der Waals surface area (Å²) in [5, 5.41) is 8.77. The van der Waals surface area contributed by atoms with E-state index < -0.39 is 11.4 Å². The van der Waals surface area contributed by atoms with Gasteiger partial charge in [-0.1, -0.05) is 20.3 Å². The third-order valence-corrected chi connectivity index (χ3v) is 3.44. The molecule has 0 aromatic rings. The van der Waals surface area contributed by atoms with Gasteiger partial charge in [0.05, 0.1) is 6.42 Å². The maximum Gasteiger partial charge on any atom is 0.303 e. The average molecular weight is 241 g/mol. The molecule has 0 atom stereocenters. The van der Waals surface area contributed by atoms with Gasteiger partial charge in [0.25, 0.3) is 0 Å². The summed E-state index contributed by atoms with van der Waals surface area (Å²) in [6, 6.07) is 0. The Morgan fingerprint density at radius 1 is 1.29 bits per heavy atom. The molecule has 1 fully saturated rings. The molecule has 4 heteroatoms. The maximum atomic E-state index is 11.9. The molecule has 1 aliphatic carbocycles. The van der Waals surface area contributed by atoms with Gasteiger partial charge in [0.1, 0.15) is 0 Å². The van der Waals surface area contributed by atoms with E-state index in [1.54, 1.807) is 4.90 Å². The maximum absolute atomic E-state index is 11.9. The zero-order valence-corrected chi connectivity index (χ0v) is 11.0. The van der Waals surface area contributed by atoms with Crippen LogP contribution >= 0.6 is 0 Å². The van der Waals surface area contributed by atoms with Crippen LogP contribution in [0.4, 0.5) is 0 Å². The number of hydrogen-bond donors (Lipinski definition) is 1. The molecule has 0 aliphatic heterocycles. The fourth-order valence-corrected chi connectivity index (χ4v) is 2.18. The molecule has 98 valence electrons. The van der Waals surface area contributed by atoms with Crippen molar-refractivity contribution < 1.29 is 14.7 Å². The molecule has 4 nitrogen and oxygen atoms in total. The van der Waals surface area contributed by atoms with Crippen LogP contribution in [-0.4, -0.2) is 35.5 Å². The van der Waals surface area contributed by atoms with Gasteiger partial charge in [0, 0.05) is 20.0 Å². The smallest absolute Gasteiger partial charge is 0.303 e. The van der Waals surface area contributed by atoms with Gasteiger partial charge in [-0.05, 0) is 24.2 Å². The second kappa shape index (κ2) is 5.52. The minimum atomic E-state index is -0.843. The third kappa shape index (κ3) is 4.75. The first kappa shape index (κ1) is 14.0. The van der Waals surface area contributed by atoms with Crippen LogP contribution in [0.1, 0.15) is 46.0 Å². The second-order valence-electron chi connectivity index (χ2n) is 5.98. The number of nitrogens with zero attached hydrogens (tertiary/aromatic N) is 1. The first-order valence-electron chi connectivity index (χ1n) is 6.26. The summed E-state index contributed by atoms with van der Waals surface area (Å²) >= 11 is 0. The van der Waals surface area contributed by atoms with Gasteiger partial charge >= 0.3 is 5.97 Å². The van der Waals surface area contributed by atoms with Crippen molar-refractivity contribution in [3.63, 3.8) is 0 Å². The highest BCUT2D eigenvalue weighted by atomic mass is 16.4. The normalized spacial score (nSPS) is 16.4. The Kier molecular flexibility index (Phi) is 4.54. The summed E-state index contributed by atoms with van der Waals surface area (Å²) in [5.41, 5.74) is -0.462. The molecule has 1 N–H and O–H groups in total. The molecule has 17 heavy (non-hydrogen) atoms. The second-order valence-corrected chi connectivity index (χ2v) is 5.98. The first-order valence-corrected chi connectivity index (χ1v) is 6.26. The van der Waals surface area contributed by atoms with Gasteiger partial charge in [0.2, 0.25) is 5.91 Å². The molecule has 0 aromatic heterocycles. The lowest BCUT2D eigenvalue weighted by molar-refractivity contribution is -0.140. The average Bonchev–Trinajstić information content (AvgIpc) is 2.07. The topological polar surface area (TPSA) is 57.6 Å². The fourth-order valence-electron chi connectivity index (χ4n) is 2.18. The Balaban J connectivity index is 2.38. The third-order valence-electron chi connectivity index (χ3n) is 3.44. The van der Waals surface area contributed by atoms with E-state index in [1.165, 1.54) is 19.3 Å². The van der Waals surface area contributed by atoms with E-state index in [-0.39, 0.29) is 12.3 Å². The number of amides is 1. The highest BCUT2D eigenvalue weighted by Gasteiger charge is 2.28. The molecule has 0 aromatic carbocycles.